The number of fused-ring (bicyclic) bond motifs is 1. The molecular weight excluding hydrogens is 418 g/mol. The van der Waals surface area contributed by atoms with Crippen LogP contribution in [0.5, 0.6) is 17.2 Å². The van der Waals surface area contributed by atoms with Gasteiger partial charge in [0.15, 0.2) is 6.61 Å². The first kappa shape index (κ1) is 22.7. The molecule has 0 bridgehead atoms. The van der Waals surface area contributed by atoms with Crippen LogP contribution in [0.3, 0.4) is 0 Å². The van der Waals surface area contributed by atoms with Crippen molar-refractivity contribution in [2.24, 2.45) is 0 Å². The Morgan fingerprint density at radius 2 is 1.97 bits per heavy atom. The number of pyridine rings is 1. The summed E-state index contributed by atoms with van der Waals surface area (Å²) in [4.78, 5) is 19.9. The molecule has 2 aromatic carbocycles. The van der Waals surface area contributed by atoms with Gasteiger partial charge in [-0.3, -0.25) is 4.79 Å². The van der Waals surface area contributed by atoms with Crippen LogP contribution in [0.4, 0.5) is 11.5 Å². The van der Waals surface area contributed by atoms with Crippen LogP contribution in [0.1, 0.15) is 32.6 Å². The van der Waals surface area contributed by atoms with E-state index in [2.05, 4.69) is 29.3 Å². The zero-order valence-corrected chi connectivity index (χ0v) is 19.5. The van der Waals surface area contributed by atoms with Gasteiger partial charge in [-0.1, -0.05) is 19.1 Å². The number of carbonyl (C=O) groups is 1. The fourth-order valence-corrected chi connectivity index (χ4v) is 4.34. The lowest BCUT2D eigenvalue weighted by atomic mass is 10.00. The Hall–Kier alpha value is -3.48. The van der Waals surface area contributed by atoms with Crippen molar-refractivity contribution < 1.29 is 19.0 Å². The van der Waals surface area contributed by atoms with Gasteiger partial charge in [0.1, 0.15) is 28.6 Å². The predicted octanol–water partition coefficient (Wildman–Crippen LogP) is 5.04. The van der Waals surface area contributed by atoms with Crippen molar-refractivity contribution in [1.29, 1.82) is 0 Å². The lowest BCUT2D eigenvalue weighted by molar-refractivity contribution is -0.118. The molecule has 0 saturated carbocycles. The molecule has 7 heteroatoms. The summed E-state index contributed by atoms with van der Waals surface area (Å²) in [6.07, 6.45) is 4.75. The highest BCUT2D eigenvalue weighted by Gasteiger charge is 2.22. The van der Waals surface area contributed by atoms with Crippen LogP contribution >= 0.6 is 0 Å². The minimum Gasteiger partial charge on any atom is -0.497 e. The minimum absolute atomic E-state index is 0.137. The van der Waals surface area contributed by atoms with Gasteiger partial charge in [-0.05, 0) is 56.0 Å². The van der Waals surface area contributed by atoms with E-state index in [0.29, 0.717) is 29.0 Å². The molecular formula is C26H31N3O4. The van der Waals surface area contributed by atoms with Gasteiger partial charge in [0.05, 0.1) is 19.9 Å². The Balaban J connectivity index is 1.50. The molecule has 0 aliphatic carbocycles. The van der Waals surface area contributed by atoms with Crippen LogP contribution in [0.25, 0.3) is 10.9 Å². The van der Waals surface area contributed by atoms with Crippen molar-refractivity contribution in [1.82, 2.24) is 4.98 Å². The SMILES string of the molecule is CCC1CCCCN1c1ccc2cccc(OCC(=O)Nc3ccc(OC)cc3OC)c2n1. The van der Waals surface area contributed by atoms with E-state index < -0.39 is 0 Å². The second kappa shape index (κ2) is 10.4. The minimum atomic E-state index is -0.284. The maximum absolute atomic E-state index is 12.6. The number of aromatic nitrogens is 1. The summed E-state index contributed by atoms with van der Waals surface area (Å²) in [5.74, 6) is 2.45. The number of benzene rings is 2. The van der Waals surface area contributed by atoms with Gasteiger partial charge in [0.25, 0.3) is 5.91 Å². The van der Waals surface area contributed by atoms with Gasteiger partial charge in [-0.15, -0.1) is 0 Å². The van der Waals surface area contributed by atoms with E-state index in [0.717, 1.165) is 29.7 Å². The number of piperidine rings is 1. The Labute approximate surface area is 194 Å². The van der Waals surface area contributed by atoms with Gasteiger partial charge in [0, 0.05) is 24.0 Å². The van der Waals surface area contributed by atoms with E-state index in [1.54, 1.807) is 32.4 Å². The monoisotopic (exact) mass is 449 g/mol. The van der Waals surface area contributed by atoms with E-state index in [9.17, 15) is 4.79 Å². The number of nitrogens with zero attached hydrogens (tertiary/aromatic N) is 2. The second-order valence-corrected chi connectivity index (χ2v) is 8.15. The Morgan fingerprint density at radius 3 is 2.76 bits per heavy atom. The summed E-state index contributed by atoms with van der Waals surface area (Å²) in [5.41, 5.74) is 1.33. The molecule has 0 spiro atoms. The quantitative estimate of drug-likeness (QED) is 0.520. The molecule has 1 N–H and O–H groups in total. The molecule has 1 aliphatic rings. The molecule has 1 amide bonds. The van der Waals surface area contributed by atoms with Crippen LogP contribution < -0.4 is 24.4 Å². The predicted molar refractivity (Wildman–Crippen MR) is 131 cm³/mol. The summed E-state index contributed by atoms with van der Waals surface area (Å²) >= 11 is 0. The summed E-state index contributed by atoms with van der Waals surface area (Å²) in [5, 5.41) is 3.82. The van der Waals surface area contributed by atoms with E-state index in [4.69, 9.17) is 19.2 Å². The van der Waals surface area contributed by atoms with Crippen molar-refractivity contribution in [3.05, 3.63) is 48.5 Å². The van der Waals surface area contributed by atoms with Crippen LogP contribution in [-0.4, -0.2) is 44.3 Å². The Morgan fingerprint density at radius 1 is 1.09 bits per heavy atom. The number of methoxy groups -OCH3 is 2. The maximum atomic E-state index is 12.6. The Kier molecular flexibility index (Phi) is 7.17. The first-order chi connectivity index (χ1) is 16.1. The summed E-state index contributed by atoms with van der Waals surface area (Å²) in [6, 6.07) is 15.7. The standard InChI is InChI=1S/C26H31N3O4/c1-4-19-9-5-6-15-29(19)24-14-11-18-8-7-10-22(26(18)28-24)33-17-25(30)27-21-13-12-20(31-2)16-23(21)32-3/h7-8,10-14,16,19H,4-6,9,15,17H2,1-3H3,(H,27,30). The van der Waals surface area contributed by atoms with Crippen molar-refractivity contribution in [2.75, 3.05) is 37.6 Å². The van der Waals surface area contributed by atoms with Crippen LogP contribution in [0.2, 0.25) is 0 Å². The lowest BCUT2D eigenvalue weighted by Crippen LogP contribution is -2.39. The van der Waals surface area contributed by atoms with Crippen LogP contribution in [0, 0.1) is 0 Å². The number of hydrogen-bond donors (Lipinski definition) is 1. The average molecular weight is 450 g/mol. The van der Waals surface area contributed by atoms with Gasteiger partial charge >= 0.3 is 0 Å². The van der Waals surface area contributed by atoms with E-state index in [1.807, 2.05) is 18.2 Å². The smallest absolute Gasteiger partial charge is 0.262 e. The first-order valence-electron chi connectivity index (χ1n) is 11.4. The largest absolute Gasteiger partial charge is 0.497 e. The molecule has 1 aromatic heterocycles. The van der Waals surface area contributed by atoms with Crippen molar-refractivity contribution in [3.63, 3.8) is 0 Å². The number of amides is 1. The highest BCUT2D eigenvalue weighted by molar-refractivity contribution is 5.94. The molecule has 7 nitrogen and oxygen atoms in total. The maximum Gasteiger partial charge on any atom is 0.262 e. The van der Waals surface area contributed by atoms with Crippen molar-refractivity contribution in [3.8, 4) is 17.2 Å². The first-order valence-corrected chi connectivity index (χ1v) is 11.4. The molecule has 1 aliphatic heterocycles. The molecule has 2 heterocycles. The molecule has 0 radical (unpaired) electrons. The molecule has 3 aromatic rings. The fourth-order valence-electron chi connectivity index (χ4n) is 4.34. The van der Waals surface area contributed by atoms with E-state index >= 15 is 0 Å². The highest BCUT2D eigenvalue weighted by atomic mass is 16.5. The van der Waals surface area contributed by atoms with Crippen molar-refractivity contribution >= 4 is 28.3 Å². The number of hydrogen-bond acceptors (Lipinski definition) is 6. The zero-order chi connectivity index (χ0) is 23.2. The van der Waals surface area contributed by atoms with Gasteiger partial charge in [0.2, 0.25) is 0 Å². The molecule has 33 heavy (non-hydrogen) atoms. The number of carbonyl (C=O) groups excluding carboxylic acids is 1. The molecule has 4 rings (SSSR count). The van der Waals surface area contributed by atoms with Gasteiger partial charge in [-0.2, -0.15) is 0 Å². The average Bonchev–Trinajstić information content (AvgIpc) is 2.87. The third-order valence-corrected chi connectivity index (χ3v) is 6.10. The van der Waals surface area contributed by atoms with Crippen LogP contribution in [-0.2, 0) is 4.79 Å². The lowest BCUT2D eigenvalue weighted by Gasteiger charge is -2.36. The normalized spacial score (nSPS) is 15.8. The number of para-hydroxylation sites is 1. The fraction of sp³-hybridized carbons (Fsp3) is 0.385. The second-order valence-electron chi connectivity index (χ2n) is 8.15. The molecule has 1 unspecified atom stereocenters. The number of rotatable bonds is 8. The van der Waals surface area contributed by atoms with Crippen LogP contribution in [0.15, 0.2) is 48.5 Å². The highest BCUT2D eigenvalue weighted by Crippen LogP contribution is 2.31. The van der Waals surface area contributed by atoms with E-state index in [1.165, 1.54) is 19.3 Å². The third kappa shape index (κ3) is 5.13. The molecule has 1 atom stereocenters. The zero-order valence-electron chi connectivity index (χ0n) is 19.5. The molecule has 174 valence electrons. The summed E-state index contributed by atoms with van der Waals surface area (Å²) < 4.78 is 16.5. The summed E-state index contributed by atoms with van der Waals surface area (Å²) in [7, 11) is 3.13. The number of ether oxygens (including phenoxy) is 3. The Bertz CT molecular complexity index is 1120. The van der Waals surface area contributed by atoms with Crippen molar-refractivity contribution in [2.45, 2.75) is 38.6 Å². The number of anilines is 2. The summed E-state index contributed by atoms with van der Waals surface area (Å²) in [6.45, 7) is 3.11. The topological polar surface area (TPSA) is 72.9 Å². The van der Waals surface area contributed by atoms with E-state index in [-0.39, 0.29) is 12.5 Å². The van der Waals surface area contributed by atoms with Gasteiger partial charge in [-0.25, -0.2) is 4.98 Å². The molecule has 1 fully saturated rings. The number of nitrogens with one attached hydrogen (secondary N) is 1. The molecule has 1 saturated heterocycles. The third-order valence-electron chi connectivity index (χ3n) is 6.10. The van der Waals surface area contributed by atoms with Gasteiger partial charge < -0.3 is 24.4 Å².